The number of anilines is 1. The van der Waals surface area contributed by atoms with Crippen molar-refractivity contribution >= 4 is 59.2 Å². The van der Waals surface area contributed by atoms with Crippen LogP contribution < -0.4 is 9.73 Å². The van der Waals surface area contributed by atoms with Gasteiger partial charge in [0.2, 0.25) is 0 Å². The Labute approximate surface area is 204 Å². The van der Waals surface area contributed by atoms with E-state index in [0.717, 1.165) is 24.4 Å². The number of aryl methyl sites for hydroxylation is 1. The van der Waals surface area contributed by atoms with E-state index in [1.165, 1.54) is 12.1 Å². The van der Waals surface area contributed by atoms with E-state index in [2.05, 4.69) is 42.4 Å². The first kappa shape index (κ1) is 24.2. The molecule has 3 aromatic rings. The second-order valence-electron chi connectivity index (χ2n) is 7.04. The maximum Gasteiger partial charge on any atom is 0.264 e. The predicted octanol–water partition coefficient (Wildman–Crippen LogP) is 5.26. The molecule has 0 aromatic heterocycles. The third kappa shape index (κ3) is 6.05. The number of amides is 1. The first-order valence-electron chi connectivity index (χ1n) is 9.61. The van der Waals surface area contributed by atoms with Crippen molar-refractivity contribution in [2.24, 2.45) is 5.10 Å². The maximum absolute atomic E-state index is 13.3. The third-order valence-corrected chi connectivity index (χ3v) is 7.47. The molecule has 0 saturated carbocycles. The van der Waals surface area contributed by atoms with Gasteiger partial charge in [-0.25, -0.2) is 13.8 Å². The van der Waals surface area contributed by atoms with Crippen LogP contribution in [-0.4, -0.2) is 26.6 Å². The second kappa shape index (κ2) is 10.4. The lowest BCUT2D eigenvalue weighted by molar-refractivity contribution is -0.119. The number of sulfonamides is 1. The van der Waals surface area contributed by atoms with Crippen LogP contribution in [0.1, 0.15) is 18.1 Å². The first-order valence-corrected chi connectivity index (χ1v) is 12.6. The van der Waals surface area contributed by atoms with E-state index in [1.54, 1.807) is 43.3 Å². The van der Waals surface area contributed by atoms with E-state index >= 15 is 0 Å². The summed E-state index contributed by atoms with van der Waals surface area (Å²) in [6, 6.07) is 20.7. The Hall–Kier alpha value is -2.49. The fourth-order valence-electron chi connectivity index (χ4n) is 2.83. The van der Waals surface area contributed by atoms with Crippen LogP contribution in [-0.2, 0) is 14.8 Å². The number of hydrogen-bond acceptors (Lipinski definition) is 4. The van der Waals surface area contributed by atoms with Gasteiger partial charge >= 0.3 is 0 Å². The lowest BCUT2D eigenvalue weighted by atomic mass is 10.1. The highest BCUT2D eigenvalue weighted by Gasteiger charge is 2.27. The average molecular weight is 579 g/mol. The maximum atomic E-state index is 13.3. The topological polar surface area (TPSA) is 78.8 Å². The molecule has 166 valence electrons. The highest BCUT2D eigenvalue weighted by Crippen LogP contribution is 2.25. The Morgan fingerprint density at radius 2 is 1.44 bits per heavy atom. The minimum Gasteiger partial charge on any atom is -0.271 e. The summed E-state index contributed by atoms with van der Waals surface area (Å²) in [5, 5.41) is 4.12. The second-order valence-corrected chi connectivity index (χ2v) is 10.7. The van der Waals surface area contributed by atoms with Gasteiger partial charge in [0, 0.05) is 8.95 Å². The molecule has 3 aromatic carbocycles. The molecular formula is C23H21Br2N3O3S. The minimum atomic E-state index is -3.97. The first-order chi connectivity index (χ1) is 15.2. The number of benzene rings is 3. The molecule has 32 heavy (non-hydrogen) atoms. The molecule has 0 aliphatic heterocycles. The fraction of sp³-hybridized carbons (Fsp3) is 0.130. The Morgan fingerprint density at radius 3 is 2.00 bits per heavy atom. The summed E-state index contributed by atoms with van der Waals surface area (Å²) >= 11 is 6.73. The molecule has 0 unspecified atom stereocenters. The van der Waals surface area contributed by atoms with Crippen molar-refractivity contribution in [1.29, 1.82) is 0 Å². The Balaban J connectivity index is 1.86. The average Bonchev–Trinajstić information content (AvgIpc) is 2.77. The molecule has 0 atom stereocenters. The van der Waals surface area contributed by atoms with Crippen LogP contribution in [0.15, 0.2) is 91.7 Å². The van der Waals surface area contributed by atoms with Crippen molar-refractivity contribution in [2.75, 3.05) is 10.8 Å². The number of hydrogen-bond donors (Lipinski definition) is 1. The van der Waals surface area contributed by atoms with Gasteiger partial charge in [0.1, 0.15) is 6.54 Å². The summed E-state index contributed by atoms with van der Waals surface area (Å²) in [4.78, 5) is 12.8. The van der Waals surface area contributed by atoms with Crippen LogP contribution in [0.25, 0.3) is 0 Å². The SMILES string of the molecule is C/C(=N/NC(=O)CN(c1ccc(Br)cc1)S(=O)(=O)c1ccc(C)cc1)c1ccc(Br)cc1. The number of carbonyl (C=O) groups excluding carboxylic acids is 1. The number of nitrogens with zero attached hydrogens (tertiary/aromatic N) is 2. The Bertz CT molecular complexity index is 1220. The molecule has 0 spiro atoms. The zero-order valence-corrected chi connectivity index (χ0v) is 21.4. The van der Waals surface area contributed by atoms with Crippen molar-refractivity contribution in [3.05, 3.63) is 92.9 Å². The lowest BCUT2D eigenvalue weighted by Gasteiger charge is -2.24. The largest absolute Gasteiger partial charge is 0.271 e. The molecule has 0 radical (unpaired) electrons. The van der Waals surface area contributed by atoms with Gasteiger partial charge in [0.25, 0.3) is 15.9 Å². The zero-order valence-electron chi connectivity index (χ0n) is 17.4. The summed E-state index contributed by atoms with van der Waals surface area (Å²) in [5.41, 5.74) is 5.21. The van der Waals surface area contributed by atoms with E-state index < -0.39 is 22.5 Å². The molecule has 6 nitrogen and oxygen atoms in total. The van der Waals surface area contributed by atoms with Gasteiger partial charge in [0.15, 0.2) is 0 Å². The van der Waals surface area contributed by atoms with Gasteiger partial charge < -0.3 is 0 Å². The van der Waals surface area contributed by atoms with Crippen LogP contribution in [0.5, 0.6) is 0 Å². The van der Waals surface area contributed by atoms with Crippen LogP contribution in [0.4, 0.5) is 5.69 Å². The van der Waals surface area contributed by atoms with Crippen LogP contribution >= 0.6 is 31.9 Å². The van der Waals surface area contributed by atoms with Crippen LogP contribution in [0.3, 0.4) is 0 Å². The van der Waals surface area contributed by atoms with Crippen molar-refractivity contribution in [2.45, 2.75) is 18.7 Å². The van der Waals surface area contributed by atoms with Crippen molar-refractivity contribution in [1.82, 2.24) is 5.43 Å². The van der Waals surface area contributed by atoms with E-state index in [9.17, 15) is 13.2 Å². The third-order valence-electron chi connectivity index (χ3n) is 4.62. The van der Waals surface area contributed by atoms with E-state index in [0.29, 0.717) is 11.4 Å². The summed E-state index contributed by atoms with van der Waals surface area (Å²) in [6.45, 7) is 3.22. The molecule has 0 aliphatic carbocycles. The molecule has 9 heteroatoms. The van der Waals surface area contributed by atoms with Crippen molar-refractivity contribution in [3.63, 3.8) is 0 Å². The van der Waals surface area contributed by atoms with Gasteiger partial charge in [-0.15, -0.1) is 0 Å². The Morgan fingerprint density at radius 1 is 0.906 bits per heavy atom. The molecule has 0 heterocycles. The molecule has 1 N–H and O–H groups in total. The molecule has 0 aliphatic rings. The zero-order chi connectivity index (χ0) is 23.3. The highest BCUT2D eigenvalue weighted by molar-refractivity contribution is 9.10. The van der Waals surface area contributed by atoms with Crippen LogP contribution in [0, 0.1) is 6.92 Å². The van der Waals surface area contributed by atoms with Gasteiger partial charge in [0.05, 0.1) is 16.3 Å². The molecule has 0 fully saturated rings. The van der Waals surface area contributed by atoms with Crippen molar-refractivity contribution in [3.8, 4) is 0 Å². The number of hydrazone groups is 1. The summed E-state index contributed by atoms with van der Waals surface area (Å²) in [5.74, 6) is -0.555. The van der Waals surface area contributed by atoms with Gasteiger partial charge in [-0.3, -0.25) is 9.10 Å². The standard InChI is InChI=1S/C23H21Br2N3O3S/c1-16-3-13-22(14-4-16)32(30,31)28(21-11-9-20(25)10-12-21)15-23(29)27-26-17(2)18-5-7-19(24)8-6-18/h3-14H,15H2,1-2H3,(H,27,29)/b26-17-. The summed E-state index contributed by atoms with van der Waals surface area (Å²) in [6.07, 6.45) is 0. The fourth-order valence-corrected chi connectivity index (χ4v) is 4.78. The van der Waals surface area contributed by atoms with Gasteiger partial charge in [-0.2, -0.15) is 5.10 Å². The number of nitrogens with one attached hydrogen (secondary N) is 1. The normalized spacial score (nSPS) is 11.8. The molecule has 1 amide bonds. The van der Waals surface area contributed by atoms with E-state index in [1.807, 2.05) is 31.2 Å². The number of carbonyl (C=O) groups is 1. The molecule has 0 saturated heterocycles. The smallest absolute Gasteiger partial charge is 0.264 e. The predicted molar refractivity (Wildman–Crippen MR) is 134 cm³/mol. The monoisotopic (exact) mass is 577 g/mol. The van der Waals surface area contributed by atoms with Gasteiger partial charge in [-0.1, -0.05) is 61.7 Å². The molecule has 0 bridgehead atoms. The van der Waals surface area contributed by atoms with Crippen molar-refractivity contribution < 1.29 is 13.2 Å². The summed E-state index contributed by atoms with van der Waals surface area (Å²) in [7, 11) is -3.97. The molecule has 3 rings (SSSR count). The Kier molecular flexibility index (Phi) is 7.86. The van der Waals surface area contributed by atoms with Crippen LogP contribution in [0.2, 0.25) is 0 Å². The number of halogens is 2. The van der Waals surface area contributed by atoms with Gasteiger partial charge in [-0.05, 0) is 67.9 Å². The lowest BCUT2D eigenvalue weighted by Crippen LogP contribution is -2.39. The summed E-state index contributed by atoms with van der Waals surface area (Å²) < 4.78 is 29.5. The molecular weight excluding hydrogens is 558 g/mol. The quantitative estimate of drug-likeness (QED) is 0.307. The highest BCUT2D eigenvalue weighted by atomic mass is 79.9. The minimum absolute atomic E-state index is 0.105. The van der Waals surface area contributed by atoms with E-state index in [-0.39, 0.29) is 4.90 Å². The van der Waals surface area contributed by atoms with E-state index in [4.69, 9.17) is 0 Å². The number of rotatable bonds is 7.